The number of nitrogens with zero attached hydrogens (tertiary/aromatic N) is 1. The molecule has 0 aromatic rings. The summed E-state index contributed by atoms with van der Waals surface area (Å²) in [6.45, 7) is 1.46. The highest BCUT2D eigenvalue weighted by molar-refractivity contribution is 5.91. The molecule has 21 heavy (non-hydrogen) atoms. The Morgan fingerprint density at radius 2 is 2.24 bits per heavy atom. The maximum absolute atomic E-state index is 12.5. The predicted molar refractivity (Wildman–Crippen MR) is 73.4 cm³/mol. The van der Waals surface area contributed by atoms with E-state index in [0.29, 0.717) is 26.0 Å². The Morgan fingerprint density at radius 1 is 1.43 bits per heavy atom. The van der Waals surface area contributed by atoms with Gasteiger partial charge in [-0.25, -0.2) is 0 Å². The van der Waals surface area contributed by atoms with Crippen LogP contribution in [0.3, 0.4) is 0 Å². The lowest BCUT2D eigenvalue weighted by Gasteiger charge is -2.27. The molecule has 118 valence electrons. The fourth-order valence-electron chi connectivity index (χ4n) is 2.67. The number of esters is 1. The van der Waals surface area contributed by atoms with Crippen LogP contribution in [-0.2, 0) is 23.9 Å². The zero-order valence-corrected chi connectivity index (χ0v) is 12.3. The average Bonchev–Trinajstić information content (AvgIpc) is 3.13. The third kappa shape index (κ3) is 4.42. The molecule has 0 bridgehead atoms. The maximum atomic E-state index is 12.5. The molecule has 2 atom stereocenters. The molecule has 2 aliphatic rings. The van der Waals surface area contributed by atoms with Crippen molar-refractivity contribution in [2.24, 2.45) is 0 Å². The summed E-state index contributed by atoms with van der Waals surface area (Å²) < 4.78 is 10.2. The van der Waals surface area contributed by atoms with Gasteiger partial charge >= 0.3 is 5.97 Å². The normalized spacial score (nSPS) is 24.7. The smallest absolute Gasteiger partial charge is 0.307 e. The highest BCUT2D eigenvalue weighted by atomic mass is 16.5. The summed E-state index contributed by atoms with van der Waals surface area (Å²) in [4.78, 5) is 36.6. The van der Waals surface area contributed by atoms with Crippen LogP contribution in [0.4, 0.5) is 0 Å². The highest BCUT2D eigenvalue weighted by Gasteiger charge is 2.32. The number of hydrogen-bond acceptors (Lipinski definition) is 5. The molecule has 2 saturated heterocycles. The van der Waals surface area contributed by atoms with E-state index >= 15 is 0 Å². The lowest BCUT2D eigenvalue weighted by atomic mass is 10.1. The summed E-state index contributed by atoms with van der Waals surface area (Å²) in [5.41, 5.74) is 0. The Kier molecular flexibility index (Phi) is 5.55. The summed E-state index contributed by atoms with van der Waals surface area (Å²) in [7, 11) is 1.33. The monoisotopic (exact) mass is 298 g/mol. The van der Waals surface area contributed by atoms with Gasteiger partial charge in [0.1, 0.15) is 6.04 Å². The molecule has 2 rings (SSSR count). The van der Waals surface area contributed by atoms with Gasteiger partial charge in [-0.15, -0.1) is 0 Å². The number of carbonyl (C=O) groups is 3. The van der Waals surface area contributed by atoms with Gasteiger partial charge in [-0.2, -0.15) is 0 Å². The van der Waals surface area contributed by atoms with E-state index in [1.807, 2.05) is 0 Å². The number of methoxy groups -OCH3 is 1. The predicted octanol–water partition coefficient (Wildman–Crippen LogP) is -0.164. The van der Waals surface area contributed by atoms with Crippen molar-refractivity contribution < 1.29 is 23.9 Å². The summed E-state index contributed by atoms with van der Waals surface area (Å²) in [6, 6.07) is -0.475. The van der Waals surface area contributed by atoms with Crippen LogP contribution in [0.1, 0.15) is 32.1 Å². The van der Waals surface area contributed by atoms with Crippen molar-refractivity contribution in [1.29, 1.82) is 0 Å². The van der Waals surface area contributed by atoms with Crippen molar-refractivity contribution in [2.45, 2.75) is 44.2 Å². The third-order valence-electron chi connectivity index (χ3n) is 3.87. The van der Waals surface area contributed by atoms with Gasteiger partial charge in [0.15, 0.2) is 0 Å². The van der Waals surface area contributed by atoms with E-state index in [4.69, 9.17) is 4.74 Å². The van der Waals surface area contributed by atoms with Gasteiger partial charge in [-0.05, 0) is 19.3 Å². The van der Waals surface area contributed by atoms with Gasteiger partial charge in [0, 0.05) is 26.1 Å². The maximum Gasteiger partial charge on any atom is 0.307 e. The minimum absolute atomic E-state index is 0.0173. The number of amides is 2. The minimum atomic E-state index is -0.475. The second-order valence-corrected chi connectivity index (χ2v) is 5.40. The highest BCUT2D eigenvalue weighted by Crippen LogP contribution is 2.16. The molecule has 0 aromatic carbocycles. The standard InChI is InChI=1S/C14H22N2O5/c1-20-13(18)6-7-16(9-10-3-2-8-21-10)14(19)11-4-5-12(17)15-11/h10-11H,2-9H2,1H3,(H,15,17)/t10?,11-/m0/s1. The molecule has 0 aliphatic carbocycles. The Bertz CT molecular complexity index is 406. The van der Waals surface area contributed by atoms with Crippen molar-refractivity contribution in [3.8, 4) is 0 Å². The van der Waals surface area contributed by atoms with Crippen LogP contribution in [-0.4, -0.2) is 61.6 Å². The van der Waals surface area contributed by atoms with Crippen LogP contribution < -0.4 is 5.32 Å². The Morgan fingerprint density at radius 3 is 2.81 bits per heavy atom. The number of rotatable bonds is 6. The zero-order valence-electron chi connectivity index (χ0n) is 12.3. The van der Waals surface area contributed by atoms with Gasteiger partial charge in [-0.1, -0.05) is 0 Å². The van der Waals surface area contributed by atoms with Crippen LogP contribution in [0, 0.1) is 0 Å². The van der Waals surface area contributed by atoms with Crippen molar-refractivity contribution in [3.63, 3.8) is 0 Å². The van der Waals surface area contributed by atoms with Gasteiger partial charge in [-0.3, -0.25) is 14.4 Å². The van der Waals surface area contributed by atoms with E-state index in [0.717, 1.165) is 12.8 Å². The van der Waals surface area contributed by atoms with Gasteiger partial charge in [0.25, 0.3) is 0 Å². The molecule has 0 spiro atoms. The van der Waals surface area contributed by atoms with Gasteiger partial charge < -0.3 is 19.7 Å². The van der Waals surface area contributed by atoms with Crippen LogP contribution in [0.5, 0.6) is 0 Å². The number of carbonyl (C=O) groups excluding carboxylic acids is 3. The van der Waals surface area contributed by atoms with E-state index in [1.54, 1.807) is 4.90 Å². The molecular weight excluding hydrogens is 276 g/mol. The van der Waals surface area contributed by atoms with Crippen LogP contribution in [0.15, 0.2) is 0 Å². The lowest BCUT2D eigenvalue weighted by molar-refractivity contribution is -0.142. The fourth-order valence-corrected chi connectivity index (χ4v) is 2.67. The fraction of sp³-hybridized carbons (Fsp3) is 0.786. The molecule has 1 N–H and O–H groups in total. The SMILES string of the molecule is COC(=O)CCN(CC1CCCO1)C(=O)[C@@H]1CCC(=O)N1. The largest absolute Gasteiger partial charge is 0.469 e. The first-order valence-electron chi connectivity index (χ1n) is 7.36. The molecule has 1 unspecified atom stereocenters. The van der Waals surface area contributed by atoms with E-state index in [-0.39, 0.29) is 36.9 Å². The second-order valence-electron chi connectivity index (χ2n) is 5.40. The van der Waals surface area contributed by atoms with Crippen molar-refractivity contribution in [3.05, 3.63) is 0 Å². The second kappa shape index (κ2) is 7.40. The van der Waals surface area contributed by atoms with E-state index in [2.05, 4.69) is 10.1 Å². The van der Waals surface area contributed by atoms with E-state index in [9.17, 15) is 14.4 Å². The first-order valence-corrected chi connectivity index (χ1v) is 7.36. The molecule has 0 radical (unpaired) electrons. The van der Waals surface area contributed by atoms with Crippen LogP contribution >= 0.6 is 0 Å². The molecule has 2 fully saturated rings. The van der Waals surface area contributed by atoms with Gasteiger partial charge in [0.2, 0.25) is 11.8 Å². The van der Waals surface area contributed by atoms with Gasteiger partial charge in [0.05, 0.1) is 19.6 Å². The summed E-state index contributed by atoms with van der Waals surface area (Å²) in [5, 5.41) is 2.67. The average molecular weight is 298 g/mol. The number of nitrogens with one attached hydrogen (secondary N) is 1. The summed E-state index contributed by atoms with van der Waals surface area (Å²) in [6.07, 6.45) is 2.96. The van der Waals surface area contributed by atoms with Crippen molar-refractivity contribution in [1.82, 2.24) is 10.2 Å². The Balaban J connectivity index is 1.93. The minimum Gasteiger partial charge on any atom is -0.469 e. The molecule has 0 aromatic heterocycles. The van der Waals surface area contributed by atoms with E-state index < -0.39 is 6.04 Å². The Labute approximate surface area is 123 Å². The molecule has 0 saturated carbocycles. The van der Waals surface area contributed by atoms with Crippen LogP contribution in [0.25, 0.3) is 0 Å². The lowest BCUT2D eigenvalue weighted by Crippen LogP contribution is -2.47. The third-order valence-corrected chi connectivity index (χ3v) is 3.87. The molecular formula is C14H22N2O5. The van der Waals surface area contributed by atoms with Crippen molar-refractivity contribution >= 4 is 17.8 Å². The quantitative estimate of drug-likeness (QED) is 0.689. The number of ether oxygens (including phenoxy) is 2. The summed E-state index contributed by atoms with van der Waals surface area (Å²) >= 11 is 0. The first-order chi connectivity index (χ1) is 10.1. The van der Waals surface area contributed by atoms with Crippen LogP contribution in [0.2, 0.25) is 0 Å². The molecule has 7 nitrogen and oxygen atoms in total. The Hall–Kier alpha value is -1.63. The topological polar surface area (TPSA) is 84.9 Å². The number of hydrogen-bond donors (Lipinski definition) is 1. The van der Waals surface area contributed by atoms with Crippen molar-refractivity contribution in [2.75, 3.05) is 26.8 Å². The molecule has 2 amide bonds. The molecule has 2 aliphatic heterocycles. The summed E-state index contributed by atoms with van der Waals surface area (Å²) in [5.74, 6) is -0.589. The molecule has 2 heterocycles. The zero-order chi connectivity index (χ0) is 15.2. The van der Waals surface area contributed by atoms with E-state index in [1.165, 1.54) is 7.11 Å². The molecule has 7 heteroatoms. The first kappa shape index (κ1) is 15.8.